The van der Waals surface area contributed by atoms with Gasteiger partial charge in [-0.3, -0.25) is 0 Å². The standard InChI is InChI=1S/C17H15F3O4/c1-3-23-16(21)13-9-6-8-12(15(13)24-17(18,19)20)11-7-4-5-10-14(11)22-2/h4-10H,3H2,1-2H3. The fraction of sp³-hybridized carbons (Fsp3) is 0.235. The van der Waals surface area contributed by atoms with Crippen LogP contribution in [0, 0.1) is 0 Å². The summed E-state index contributed by atoms with van der Waals surface area (Å²) in [7, 11) is 1.40. The maximum atomic E-state index is 12.8. The summed E-state index contributed by atoms with van der Waals surface area (Å²) in [6.07, 6.45) is -4.96. The molecule has 0 fully saturated rings. The normalized spacial score (nSPS) is 11.0. The van der Waals surface area contributed by atoms with Crippen molar-refractivity contribution in [1.82, 2.24) is 0 Å². The lowest BCUT2D eigenvalue weighted by atomic mass is 10.0. The molecule has 2 rings (SSSR count). The number of hydrogen-bond donors (Lipinski definition) is 0. The van der Waals surface area contributed by atoms with Crippen LogP contribution >= 0.6 is 0 Å². The van der Waals surface area contributed by atoms with E-state index in [1.807, 2.05) is 0 Å². The highest BCUT2D eigenvalue weighted by molar-refractivity contribution is 5.96. The summed E-state index contributed by atoms with van der Waals surface area (Å²) in [6.45, 7) is 1.59. The minimum absolute atomic E-state index is 0.0309. The van der Waals surface area contributed by atoms with Crippen molar-refractivity contribution >= 4 is 5.97 Å². The molecule has 0 aliphatic carbocycles. The Morgan fingerprint density at radius 2 is 1.71 bits per heavy atom. The molecule has 0 aromatic heterocycles. The van der Waals surface area contributed by atoms with Crippen LogP contribution in [0.25, 0.3) is 11.1 Å². The molecule has 2 aromatic carbocycles. The fourth-order valence-electron chi connectivity index (χ4n) is 2.21. The van der Waals surface area contributed by atoms with Crippen molar-refractivity contribution in [3.05, 3.63) is 48.0 Å². The maximum Gasteiger partial charge on any atom is 0.573 e. The number of para-hydroxylation sites is 2. The largest absolute Gasteiger partial charge is 0.573 e. The molecule has 4 nitrogen and oxygen atoms in total. The van der Waals surface area contributed by atoms with Gasteiger partial charge in [-0.15, -0.1) is 13.2 Å². The molecule has 0 saturated carbocycles. The second-order valence-electron chi connectivity index (χ2n) is 4.65. The summed E-state index contributed by atoms with van der Waals surface area (Å²) in [6, 6.07) is 10.6. The Labute approximate surface area is 136 Å². The Kier molecular flexibility index (Phi) is 5.33. The number of carbonyl (C=O) groups is 1. The number of esters is 1. The van der Waals surface area contributed by atoms with Gasteiger partial charge in [-0.1, -0.05) is 30.3 Å². The van der Waals surface area contributed by atoms with E-state index in [2.05, 4.69) is 4.74 Å². The molecule has 0 bridgehead atoms. The zero-order valence-electron chi connectivity index (χ0n) is 13.0. The topological polar surface area (TPSA) is 44.8 Å². The van der Waals surface area contributed by atoms with Crippen molar-refractivity contribution in [3.63, 3.8) is 0 Å². The molecule has 0 heterocycles. The maximum absolute atomic E-state index is 12.8. The molecule has 0 unspecified atom stereocenters. The van der Waals surface area contributed by atoms with Gasteiger partial charge in [0.15, 0.2) is 5.75 Å². The van der Waals surface area contributed by atoms with Crippen molar-refractivity contribution in [3.8, 4) is 22.6 Å². The number of ether oxygens (including phenoxy) is 3. The molecule has 0 atom stereocenters. The van der Waals surface area contributed by atoms with Gasteiger partial charge in [-0.25, -0.2) is 4.79 Å². The molecule has 0 radical (unpaired) electrons. The number of methoxy groups -OCH3 is 1. The molecule has 128 valence electrons. The van der Waals surface area contributed by atoms with Crippen LogP contribution in [-0.2, 0) is 4.74 Å². The Morgan fingerprint density at radius 1 is 1.04 bits per heavy atom. The van der Waals surface area contributed by atoms with E-state index in [-0.39, 0.29) is 17.7 Å². The van der Waals surface area contributed by atoms with Gasteiger partial charge in [0.1, 0.15) is 11.3 Å². The Hall–Kier alpha value is -2.70. The van der Waals surface area contributed by atoms with Crippen LogP contribution in [0.2, 0.25) is 0 Å². The highest BCUT2D eigenvalue weighted by Gasteiger charge is 2.35. The number of carbonyl (C=O) groups excluding carboxylic acids is 1. The van der Waals surface area contributed by atoms with E-state index in [0.717, 1.165) is 0 Å². The highest BCUT2D eigenvalue weighted by Crippen LogP contribution is 2.40. The highest BCUT2D eigenvalue weighted by atomic mass is 19.4. The lowest BCUT2D eigenvalue weighted by Crippen LogP contribution is -2.20. The molecule has 0 aliphatic rings. The first kappa shape index (κ1) is 17.7. The van der Waals surface area contributed by atoms with Crippen molar-refractivity contribution in [2.24, 2.45) is 0 Å². The van der Waals surface area contributed by atoms with Gasteiger partial charge in [0.2, 0.25) is 0 Å². The van der Waals surface area contributed by atoms with Gasteiger partial charge in [0.25, 0.3) is 0 Å². The molecule has 0 spiro atoms. The molecule has 0 N–H and O–H groups in total. The number of halogens is 3. The van der Waals surface area contributed by atoms with Crippen LogP contribution in [0.4, 0.5) is 13.2 Å². The van der Waals surface area contributed by atoms with Gasteiger partial charge in [-0.05, 0) is 19.1 Å². The van der Waals surface area contributed by atoms with E-state index < -0.39 is 18.1 Å². The SMILES string of the molecule is CCOC(=O)c1cccc(-c2ccccc2OC)c1OC(F)(F)F. The molecule has 0 aliphatic heterocycles. The molecule has 7 heteroatoms. The van der Waals surface area contributed by atoms with Crippen LogP contribution in [0.3, 0.4) is 0 Å². The zero-order chi connectivity index (χ0) is 17.7. The van der Waals surface area contributed by atoms with Gasteiger partial charge in [0.05, 0.1) is 13.7 Å². The number of benzene rings is 2. The summed E-state index contributed by atoms with van der Waals surface area (Å²) < 4.78 is 52.7. The van der Waals surface area contributed by atoms with Crippen LogP contribution < -0.4 is 9.47 Å². The third kappa shape index (κ3) is 3.98. The summed E-state index contributed by atoms with van der Waals surface area (Å²) in [4.78, 5) is 12.0. The molecule has 0 saturated heterocycles. The quantitative estimate of drug-likeness (QED) is 0.755. The van der Waals surface area contributed by atoms with Crippen molar-refractivity contribution in [2.75, 3.05) is 13.7 Å². The molecule has 0 amide bonds. The Morgan fingerprint density at radius 3 is 2.33 bits per heavy atom. The van der Waals surface area contributed by atoms with E-state index in [4.69, 9.17) is 9.47 Å². The second kappa shape index (κ2) is 7.25. The number of rotatable bonds is 5. The van der Waals surface area contributed by atoms with Gasteiger partial charge >= 0.3 is 12.3 Å². The van der Waals surface area contributed by atoms with Crippen molar-refractivity contribution < 1.29 is 32.2 Å². The lowest BCUT2D eigenvalue weighted by molar-refractivity contribution is -0.274. The Balaban J connectivity index is 2.66. The first-order chi connectivity index (χ1) is 11.4. The van der Waals surface area contributed by atoms with Gasteiger partial charge in [0, 0.05) is 11.1 Å². The minimum atomic E-state index is -4.96. The molecule has 24 heavy (non-hydrogen) atoms. The lowest BCUT2D eigenvalue weighted by Gasteiger charge is -2.18. The van der Waals surface area contributed by atoms with E-state index in [9.17, 15) is 18.0 Å². The van der Waals surface area contributed by atoms with Crippen molar-refractivity contribution in [2.45, 2.75) is 13.3 Å². The Bertz CT molecular complexity index is 726. The summed E-state index contributed by atoms with van der Waals surface area (Å²) in [5, 5.41) is 0. The van der Waals surface area contributed by atoms with Gasteiger partial charge in [-0.2, -0.15) is 0 Å². The minimum Gasteiger partial charge on any atom is -0.496 e. The number of alkyl halides is 3. The fourth-order valence-corrected chi connectivity index (χ4v) is 2.21. The first-order valence-corrected chi connectivity index (χ1v) is 7.06. The summed E-state index contributed by atoms with van der Waals surface area (Å²) in [5.74, 6) is -1.16. The zero-order valence-corrected chi connectivity index (χ0v) is 13.0. The molecular weight excluding hydrogens is 325 g/mol. The van der Waals surface area contributed by atoms with E-state index in [0.29, 0.717) is 11.3 Å². The average Bonchev–Trinajstić information content (AvgIpc) is 2.54. The van der Waals surface area contributed by atoms with E-state index in [1.54, 1.807) is 31.2 Å². The van der Waals surface area contributed by atoms with Gasteiger partial charge < -0.3 is 14.2 Å². The third-order valence-corrected chi connectivity index (χ3v) is 3.13. The third-order valence-electron chi connectivity index (χ3n) is 3.13. The van der Waals surface area contributed by atoms with Crippen LogP contribution in [0.1, 0.15) is 17.3 Å². The molecule has 2 aromatic rings. The smallest absolute Gasteiger partial charge is 0.496 e. The predicted octanol–water partition coefficient (Wildman–Crippen LogP) is 4.44. The predicted molar refractivity (Wildman–Crippen MR) is 81.1 cm³/mol. The average molecular weight is 340 g/mol. The monoisotopic (exact) mass is 340 g/mol. The van der Waals surface area contributed by atoms with E-state index >= 15 is 0 Å². The molecular formula is C17H15F3O4. The van der Waals surface area contributed by atoms with E-state index in [1.165, 1.54) is 25.3 Å². The second-order valence-corrected chi connectivity index (χ2v) is 4.65. The van der Waals surface area contributed by atoms with Crippen molar-refractivity contribution in [1.29, 1.82) is 0 Å². The summed E-state index contributed by atoms with van der Waals surface area (Å²) >= 11 is 0. The van der Waals surface area contributed by atoms with Crippen LogP contribution in [0.15, 0.2) is 42.5 Å². The van der Waals surface area contributed by atoms with Crippen LogP contribution in [-0.4, -0.2) is 26.0 Å². The summed E-state index contributed by atoms with van der Waals surface area (Å²) in [5.41, 5.74) is 0.137. The number of hydrogen-bond acceptors (Lipinski definition) is 4. The van der Waals surface area contributed by atoms with Crippen LogP contribution in [0.5, 0.6) is 11.5 Å². The first-order valence-electron chi connectivity index (χ1n) is 7.06.